The molecule has 9 nitrogen and oxygen atoms in total. The molecule has 1 amide bonds. The molecule has 2 aliphatic heterocycles. The minimum absolute atomic E-state index is 0.0363. The average molecular weight is 404 g/mol. The van der Waals surface area contributed by atoms with Gasteiger partial charge in [-0.2, -0.15) is 0 Å². The van der Waals surface area contributed by atoms with Crippen molar-refractivity contribution in [3.63, 3.8) is 0 Å². The fraction of sp³-hybridized carbons (Fsp3) is 0.500. The van der Waals surface area contributed by atoms with Crippen molar-refractivity contribution < 1.29 is 28.7 Å². The van der Waals surface area contributed by atoms with Crippen LogP contribution in [0.25, 0.3) is 10.9 Å². The number of amides is 1. The van der Waals surface area contributed by atoms with Gasteiger partial charge in [0.05, 0.1) is 11.4 Å². The normalized spacial score (nSPS) is 18.8. The first kappa shape index (κ1) is 19.7. The Balaban J connectivity index is 1.69. The zero-order valence-electron chi connectivity index (χ0n) is 16.4. The zero-order valence-corrected chi connectivity index (χ0v) is 16.4. The van der Waals surface area contributed by atoms with Gasteiger partial charge >= 0.3 is 13.2 Å². The van der Waals surface area contributed by atoms with Crippen LogP contribution in [-0.4, -0.2) is 76.0 Å². The van der Waals surface area contributed by atoms with Crippen molar-refractivity contribution in [3.8, 4) is 5.75 Å². The molecule has 1 atom stereocenters. The number of piperazine rings is 1. The monoisotopic (exact) mass is 404 g/mol. The fourth-order valence-corrected chi connectivity index (χ4v) is 3.66. The van der Waals surface area contributed by atoms with Crippen molar-refractivity contribution in [2.45, 2.75) is 32.4 Å². The van der Waals surface area contributed by atoms with Gasteiger partial charge < -0.3 is 29.3 Å². The van der Waals surface area contributed by atoms with Crippen LogP contribution < -0.4 is 15.1 Å². The average Bonchev–Trinajstić information content (AvgIpc) is 2.80. The third-order valence-electron chi connectivity index (χ3n) is 4.94. The predicted molar refractivity (Wildman–Crippen MR) is 104 cm³/mol. The quantitative estimate of drug-likeness (QED) is 0.653. The summed E-state index contributed by atoms with van der Waals surface area (Å²) in [5.74, 6) is -0.0515. The number of aromatic nitrogens is 2. The third kappa shape index (κ3) is 3.55. The van der Waals surface area contributed by atoms with E-state index in [1.807, 2.05) is 25.7 Å². The van der Waals surface area contributed by atoms with Crippen molar-refractivity contribution in [2.75, 3.05) is 31.1 Å². The molecule has 1 aromatic carbocycles. The van der Waals surface area contributed by atoms with Gasteiger partial charge in [-0.15, -0.1) is 0 Å². The smallest absolute Gasteiger partial charge is 0.491 e. The van der Waals surface area contributed by atoms with E-state index in [1.165, 1.54) is 12.4 Å². The lowest BCUT2D eigenvalue weighted by molar-refractivity contribution is 0.0202. The number of hydrogen-bond acceptors (Lipinski definition) is 8. The van der Waals surface area contributed by atoms with Gasteiger partial charge in [-0.3, -0.25) is 0 Å². The fourth-order valence-electron chi connectivity index (χ4n) is 3.66. The number of benzene rings is 1. The Kier molecular flexibility index (Phi) is 4.74. The van der Waals surface area contributed by atoms with Gasteiger partial charge in [0.25, 0.3) is 0 Å². The Morgan fingerprint density at radius 2 is 2.10 bits per heavy atom. The molecule has 2 aromatic rings. The summed E-state index contributed by atoms with van der Waals surface area (Å²) in [6.45, 7) is 6.88. The van der Waals surface area contributed by atoms with Crippen molar-refractivity contribution in [2.24, 2.45) is 0 Å². The molecule has 0 aliphatic carbocycles. The van der Waals surface area contributed by atoms with Crippen molar-refractivity contribution in [1.82, 2.24) is 14.9 Å². The molecule has 0 saturated carbocycles. The second kappa shape index (κ2) is 6.99. The SMILES string of the molecule is CC(C)(C)OC(=O)N1CCN2c3ncnc4c(F)c(B(O)O)cc(c34)OC[C@@H]2C1. The van der Waals surface area contributed by atoms with Crippen LogP contribution >= 0.6 is 0 Å². The number of carbonyl (C=O) groups is 1. The van der Waals surface area contributed by atoms with E-state index in [1.54, 1.807) is 4.90 Å². The maximum absolute atomic E-state index is 14.8. The van der Waals surface area contributed by atoms with Gasteiger partial charge in [0.2, 0.25) is 0 Å². The maximum Gasteiger partial charge on any atom is 0.491 e. The highest BCUT2D eigenvalue weighted by atomic mass is 19.1. The van der Waals surface area contributed by atoms with E-state index in [9.17, 15) is 19.2 Å². The van der Waals surface area contributed by atoms with Crippen LogP contribution in [0.1, 0.15) is 20.8 Å². The number of fused-ring (bicyclic) bond motifs is 2. The summed E-state index contributed by atoms with van der Waals surface area (Å²) in [7, 11) is -1.99. The lowest BCUT2D eigenvalue weighted by atomic mass is 9.79. The first-order chi connectivity index (χ1) is 13.7. The molecule has 1 fully saturated rings. The second-order valence-electron chi connectivity index (χ2n) is 8.16. The molecule has 3 heterocycles. The Labute approximate surface area is 167 Å². The molecule has 2 aliphatic rings. The number of ether oxygens (including phenoxy) is 2. The summed E-state index contributed by atoms with van der Waals surface area (Å²) >= 11 is 0. The standard InChI is InChI=1S/C18H22BFN4O5/c1-18(2,3)29-17(25)23-4-5-24-10(7-23)8-28-12-6-11(19(26)27)14(20)15-13(12)16(24)22-9-21-15/h6,9-10,26-27H,4-5,7-8H2,1-3H3/t10-/m0/s1. The summed E-state index contributed by atoms with van der Waals surface area (Å²) < 4.78 is 26.1. The number of carbonyl (C=O) groups excluding carboxylic acids is 1. The Morgan fingerprint density at radius 3 is 2.79 bits per heavy atom. The first-order valence-corrected chi connectivity index (χ1v) is 9.36. The summed E-state index contributed by atoms with van der Waals surface area (Å²) in [6, 6.07) is 1.03. The maximum atomic E-state index is 14.8. The van der Waals surface area contributed by atoms with E-state index < -0.39 is 24.6 Å². The Bertz CT molecular complexity index is 967. The number of halogens is 1. The number of anilines is 1. The molecule has 0 spiro atoms. The minimum Gasteiger partial charge on any atom is -0.491 e. The van der Waals surface area contributed by atoms with E-state index in [4.69, 9.17) is 9.47 Å². The van der Waals surface area contributed by atoms with Crippen molar-refractivity contribution in [3.05, 3.63) is 18.2 Å². The van der Waals surface area contributed by atoms with Crippen LogP contribution in [0, 0.1) is 5.82 Å². The van der Waals surface area contributed by atoms with Gasteiger partial charge in [0, 0.05) is 25.1 Å². The van der Waals surface area contributed by atoms with Gasteiger partial charge in [-0.25, -0.2) is 19.2 Å². The molecule has 1 saturated heterocycles. The number of nitrogens with zero attached hydrogens (tertiary/aromatic N) is 4. The minimum atomic E-state index is -1.99. The molecule has 0 radical (unpaired) electrons. The van der Waals surface area contributed by atoms with E-state index >= 15 is 0 Å². The Morgan fingerprint density at radius 1 is 1.34 bits per heavy atom. The van der Waals surface area contributed by atoms with E-state index in [0.717, 1.165) is 0 Å². The lowest BCUT2D eigenvalue weighted by Crippen LogP contribution is -2.57. The van der Waals surface area contributed by atoms with Crippen LogP contribution in [0.2, 0.25) is 0 Å². The van der Waals surface area contributed by atoms with Crippen molar-refractivity contribution in [1.29, 1.82) is 0 Å². The number of hydrogen-bond donors (Lipinski definition) is 2. The largest absolute Gasteiger partial charge is 0.491 e. The highest BCUT2D eigenvalue weighted by Crippen LogP contribution is 2.37. The third-order valence-corrected chi connectivity index (χ3v) is 4.94. The molecular weight excluding hydrogens is 382 g/mol. The second-order valence-corrected chi connectivity index (χ2v) is 8.16. The number of rotatable bonds is 1. The van der Waals surface area contributed by atoms with Crippen LogP contribution in [0.4, 0.5) is 15.0 Å². The Hall–Kier alpha value is -2.66. The molecule has 0 unspecified atom stereocenters. The molecule has 2 N–H and O–H groups in total. The molecule has 29 heavy (non-hydrogen) atoms. The van der Waals surface area contributed by atoms with Gasteiger partial charge in [0.15, 0.2) is 0 Å². The summed E-state index contributed by atoms with van der Waals surface area (Å²) in [5.41, 5.74) is -0.944. The van der Waals surface area contributed by atoms with Crippen LogP contribution in [0.15, 0.2) is 12.4 Å². The lowest BCUT2D eigenvalue weighted by Gasteiger charge is -2.41. The summed E-state index contributed by atoms with van der Waals surface area (Å²) in [5, 5.41) is 19.3. The predicted octanol–water partition coefficient (Wildman–Crippen LogP) is 0.267. The van der Waals surface area contributed by atoms with Gasteiger partial charge in [-0.05, 0) is 26.8 Å². The summed E-state index contributed by atoms with van der Waals surface area (Å²) in [6.07, 6.45) is 0.837. The molecule has 11 heteroatoms. The van der Waals surface area contributed by atoms with Crippen LogP contribution in [-0.2, 0) is 4.74 Å². The molecular formula is C18H22BFN4O5. The topological polar surface area (TPSA) is 108 Å². The zero-order chi connectivity index (χ0) is 20.9. The molecule has 0 bridgehead atoms. The molecule has 4 rings (SSSR count). The van der Waals surface area contributed by atoms with Crippen molar-refractivity contribution >= 4 is 35.4 Å². The van der Waals surface area contributed by atoms with Gasteiger partial charge in [-0.1, -0.05) is 0 Å². The van der Waals surface area contributed by atoms with Crippen LogP contribution in [0.5, 0.6) is 5.75 Å². The molecule has 154 valence electrons. The highest BCUT2D eigenvalue weighted by Gasteiger charge is 2.37. The van der Waals surface area contributed by atoms with E-state index in [0.29, 0.717) is 30.8 Å². The van der Waals surface area contributed by atoms with Crippen LogP contribution in [0.3, 0.4) is 0 Å². The highest BCUT2D eigenvalue weighted by molar-refractivity contribution is 6.59. The van der Waals surface area contributed by atoms with E-state index in [-0.39, 0.29) is 29.4 Å². The summed E-state index contributed by atoms with van der Waals surface area (Å²) in [4.78, 5) is 24.4. The first-order valence-electron chi connectivity index (χ1n) is 9.36. The van der Waals surface area contributed by atoms with Gasteiger partial charge in [0.1, 0.15) is 41.4 Å². The van der Waals surface area contributed by atoms with E-state index in [2.05, 4.69) is 9.97 Å². The molecule has 1 aromatic heterocycles.